The van der Waals surface area contributed by atoms with Crippen LogP contribution < -0.4 is 10.1 Å². The van der Waals surface area contributed by atoms with E-state index in [0.717, 1.165) is 21.8 Å². The highest BCUT2D eigenvalue weighted by Crippen LogP contribution is 2.25. The van der Waals surface area contributed by atoms with E-state index in [1.54, 1.807) is 60.8 Å². The average molecular weight is 429 g/mol. The predicted octanol–water partition coefficient (Wildman–Crippen LogP) is 5.00. The van der Waals surface area contributed by atoms with Crippen LogP contribution in [-0.2, 0) is 12.4 Å². The molecule has 0 unspecified atom stereocenters. The van der Waals surface area contributed by atoms with Gasteiger partial charge in [-0.25, -0.2) is 4.98 Å². The van der Waals surface area contributed by atoms with E-state index in [2.05, 4.69) is 20.3 Å². The third-order valence-electron chi connectivity index (χ3n) is 4.39. The summed E-state index contributed by atoms with van der Waals surface area (Å²) in [6.45, 7) is 0.361. The molecule has 4 rings (SSSR count). The number of carbonyl (C=O) groups is 1. The number of hydrogen-bond acceptors (Lipinski definition) is 6. The molecule has 0 fully saturated rings. The molecule has 0 atom stereocenters. The van der Waals surface area contributed by atoms with Crippen LogP contribution in [0, 0.1) is 0 Å². The zero-order valence-electron chi connectivity index (χ0n) is 16.6. The Balaban J connectivity index is 1.37. The lowest BCUT2D eigenvalue weighted by molar-refractivity contribution is 0.102. The first-order chi connectivity index (χ1) is 15.3. The van der Waals surface area contributed by atoms with Crippen molar-refractivity contribution in [2.24, 2.45) is 0 Å². The van der Waals surface area contributed by atoms with Crippen LogP contribution >= 0.6 is 11.8 Å². The Kier molecular flexibility index (Phi) is 6.87. The molecule has 0 saturated heterocycles. The lowest BCUT2D eigenvalue weighted by Gasteiger charge is -2.11. The largest absolute Gasteiger partial charge is 0.485 e. The normalized spacial score (nSPS) is 10.5. The number of rotatable bonds is 8. The van der Waals surface area contributed by atoms with Crippen LogP contribution in [0.15, 0.2) is 96.5 Å². The van der Waals surface area contributed by atoms with Gasteiger partial charge in [0.15, 0.2) is 11.6 Å². The van der Waals surface area contributed by atoms with Crippen molar-refractivity contribution in [3.8, 4) is 5.75 Å². The third-order valence-corrected chi connectivity index (χ3v) is 5.47. The summed E-state index contributed by atoms with van der Waals surface area (Å²) in [4.78, 5) is 26.2. The summed E-state index contributed by atoms with van der Waals surface area (Å²) in [5, 5.41) is 2.84. The van der Waals surface area contributed by atoms with E-state index in [-0.39, 0.29) is 5.91 Å². The first kappa shape index (κ1) is 20.6. The number of hydrogen-bond donors (Lipinski definition) is 1. The van der Waals surface area contributed by atoms with Crippen molar-refractivity contribution >= 4 is 23.5 Å². The molecule has 0 spiro atoms. The van der Waals surface area contributed by atoms with Gasteiger partial charge in [-0.05, 0) is 65.7 Å². The SMILES string of the molecule is O=C(Nc1ncccc1OCc1ccncc1)c1ccc(SCc2cccnc2)cc1. The van der Waals surface area contributed by atoms with Gasteiger partial charge in [-0.3, -0.25) is 14.8 Å². The Bertz CT molecular complexity index is 1120. The van der Waals surface area contributed by atoms with Gasteiger partial charge in [-0.15, -0.1) is 11.8 Å². The van der Waals surface area contributed by atoms with Gasteiger partial charge in [0.05, 0.1) is 0 Å². The smallest absolute Gasteiger partial charge is 0.256 e. The van der Waals surface area contributed by atoms with Crippen LogP contribution in [0.1, 0.15) is 21.5 Å². The number of benzene rings is 1. The number of nitrogens with zero attached hydrogens (tertiary/aromatic N) is 3. The first-order valence-electron chi connectivity index (χ1n) is 9.68. The minimum atomic E-state index is -0.240. The molecule has 31 heavy (non-hydrogen) atoms. The Labute approximate surface area is 184 Å². The van der Waals surface area contributed by atoms with Gasteiger partial charge in [-0.1, -0.05) is 6.07 Å². The quantitative estimate of drug-likeness (QED) is 0.398. The maximum atomic E-state index is 12.7. The summed E-state index contributed by atoms with van der Waals surface area (Å²) in [6, 6.07) is 18.8. The van der Waals surface area contributed by atoms with Crippen molar-refractivity contribution in [2.75, 3.05) is 5.32 Å². The van der Waals surface area contributed by atoms with E-state index >= 15 is 0 Å². The summed E-state index contributed by atoms with van der Waals surface area (Å²) in [7, 11) is 0. The van der Waals surface area contributed by atoms with E-state index in [4.69, 9.17) is 4.74 Å². The van der Waals surface area contributed by atoms with Crippen LogP contribution in [0.5, 0.6) is 5.75 Å². The summed E-state index contributed by atoms with van der Waals surface area (Å²) in [5.74, 6) is 1.48. The van der Waals surface area contributed by atoms with Crippen molar-refractivity contribution in [1.82, 2.24) is 15.0 Å². The molecule has 3 heterocycles. The van der Waals surface area contributed by atoms with Crippen molar-refractivity contribution in [3.05, 3.63) is 108 Å². The number of aromatic nitrogens is 3. The van der Waals surface area contributed by atoms with Gasteiger partial charge in [0.25, 0.3) is 5.91 Å². The highest BCUT2D eigenvalue weighted by atomic mass is 32.2. The standard InChI is InChI=1S/C24H20N4O2S/c29-24(20-5-7-21(8-6-20)31-17-19-3-1-11-26-15-19)28-23-22(4-2-12-27-23)30-16-18-9-13-25-14-10-18/h1-15H,16-17H2,(H,27,28,29). The number of carbonyl (C=O) groups excluding carboxylic acids is 1. The fourth-order valence-corrected chi connectivity index (χ4v) is 3.61. The first-order valence-corrected chi connectivity index (χ1v) is 10.7. The van der Waals surface area contributed by atoms with Crippen LogP contribution in [0.25, 0.3) is 0 Å². The molecule has 154 valence electrons. The zero-order valence-corrected chi connectivity index (χ0v) is 17.5. The summed E-state index contributed by atoms with van der Waals surface area (Å²) >= 11 is 1.70. The summed E-state index contributed by atoms with van der Waals surface area (Å²) in [6.07, 6.45) is 8.66. The number of amides is 1. The fraction of sp³-hybridized carbons (Fsp3) is 0.0833. The Hall–Kier alpha value is -3.71. The minimum Gasteiger partial charge on any atom is -0.485 e. The molecule has 1 N–H and O–H groups in total. The topological polar surface area (TPSA) is 77.0 Å². The molecule has 0 radical (unpaired) electrons. The molecule has 6 nitrogen and oxygen atoms in total. The van der Waals surface area contributed by atoms with Crippen LogP contribution in [-0.4, -0.2) is 20.9 Å². The van der Waals surface area contributed by atoms with Gasteiger partial charge in [0.2, 0.25) is 0 Å². The van der Waals surface area contributed by atoms with Gasteiger partial charge < -0.3 is 10.1 Å². The van der Waals surface area contributed by atoms with Gasteiger partial charge in [0, 0.05) is 47.2 Å². The van der Waals surface area contributed by atoms with E-state index in [1.165, 1.54) is 0 Å². The Morgan fingerprint density at radius 3 is 2.45 bits per heavy atom. The maximum Gasteiger partial charge on any atom is 0.256 e. The van der Waals surface area contributed by atoms with Crippen molar-refractivity contribution < 1.29 is 9.53 Å². The van der Waals surface area contributed by atoms with E-state index in [1.807, 2.05) is 42.6 Å². The maximum absolute atomic E-state index is 12.7. The van der Waals surface area contributed by atoms with Gasteiger partial charge >= 0.3 is 0 Å². The fourth-order valence-electron chi connectivity index (χ4n) is 2.77. The molecule has 1 amide bonds. The average Bonchev–Trinajstić information content (AvgIpc) is 2.84. The number of ether oxygens (including phenoxy) is 1. The van der Waals surface area contributed by atoms with Crippen molar-refractivity contribution in [1.29, 1.82) is 0 Å². The van der Waals surface area contributed by atoms with Crippen molar-refractivity contribution in [3.63, 3.8) is 0 Å². The van der Waals surface area contributed by atoms with Gasteiger partial charge in [0.1, 0.15) is 6.61 Å². The highest BCUT2D eigenvalue weighted by molar-refractivity contribution is 7.98. The molecule has 0 aliphatic rings. The molecule has 0 aliphatic carbocycles. The van der Waals surface area contributed by atoms with E-state index in [0.29, 0.717) is 23.7 Å². The lowest BCUT2D eigenvalue weighted by atomic mass is 10.2. The third kappa shape index (κ3) is 5.90. The van der Waals surface area contributed by atoms with Crippen LogP contribution in [0.4, 0.5) is 5.82 Å². The number of pyridine rings is 3. The Morgan fingerprint density at radius 1 is 0.871 bits per heavy atom. The minimum absolute atomic E-state index is 0.240. The van der Waals surface area contributed by atoms with Crippen molar-refractivity contribution in [2.45, 2.75) is 17.3 Å². The molecule has 7 heteroatoms. The summed E-state index contributed by atoms with van der Waals surface area (Å²) in [5.41, 5.74) is 2.69. The molecule has 4 aromatic rings. The second kappa shape index (κ2) is 10.4. The molecular weight excluding hydrogens is 408 g/mol. The monoisotopic (exact) mass is 428 g/mol. The molecular formula is C24H20N4O2S. The summed E-state index contributed by atoms with van der Waals surface area (Å²) < 4.78 is 5.84. The number of thioether (sulfide) groups is 1. The second-order valence-corrected chi connectivity index (χ2v) is 7.67. The second-order valence-electron chi connectivity index (χ2n) is 6.62. The highest BCUT2D eigenvalue weighted by Gasteiger charge is 2.11. The molecule has 3 aromatic heterocycles. The molecule has 0 saturated carbocycles. The predicted molar refractivity (Wildman–Crippen MR) is 121 cm³/mol. The van der Waals surface area contributed by atoms with Crippen LogP contribution in [0.3, 0.4) is 0 Å². The zero-order chi connectivity index (χ0) is 21.3. The Morgan fingerprint density at radius 2 is 1.68 bits per heavy atom. The number of anilines is 1. The molecule has 0 bridgehead atoms. The molecule has 1 aromatic carbocycles. The number of nitrogens with one attached hydrogen (secondary N) is 1. The molecule has 0 aliphatic heterocycles. The van der Waals surface area contributed by atoms with Gasteiger partial charge in [-0.2, -0.15) is 0 Å². The van der Waals surface area contributed by atoms with E-state index < -0.39 is 0 Å². The van der Waals surface area contributed by atoms with E-state index in [9.17, 15) is 4.79 Å². The lowest BCUT2D eigenvalue weighted by Crippen LogP contribution is -2.14. The van der Waals surface area contributed by atoms with Crippen LogP contribution in [0.2, 0.25) is 0 Å².